The average Bonchev–Trinajstić information content (AvgIpc) is 2.72. The summed E-state index contributed by atoms with van der Waals surface area (Å²) in [5.41, 5.74) is 6.12. The zero-order chi connectivity index (χ0) is 11.0. The van der Waals surface area contributed by atoms with Gasteiger partial charge in [-0.15, -0.1) is 11.3 Å². The molecule has 2 atom stereocenters. The maximum atomic E-state index is 6.12. The van der Waals surface area contributed by atoms with Crippen molar-refractivity contribution in [2.45, 2.75) is 56.8 Å². The van der Waals surface area contributed by atoms with E-state index in [0.717, 1.165) is 6.54 Å². The van der Waals surface area contributed by atoms with Crippen LogP contribution in [0.1, 0.15) is 37.1 Å². The Balaban J connectivity index is 1.74. The van der Waals surface area contributed by atoms with Crippen LogP contribution in [0.25, 0.3) is 0 Å². The van der Waals surface area contributed by atoms with Crippen molar-refractivity contribution in [1.29, 1.82) is 0 Å². The fourth-order valence-electron chi connectivity index (χ4n) is 3.27. The minimum absolute atomic E-state index is 0.433. The summed E-state index contributed by atoms with van der Waals surface area (Å²) in [6, 6.07) is 1.86. The maximum absolute atomic E-state index is 6.12. The SMILES string of the molecule is NC1CC2CCCC(C1)N2Cc1nccs1. The Morgan fingerprint density at radius 2 is 2.12 bits per heavy atom. The molecule has 2 N–H and O–H groups in total. The van der Waals surface area contributed by atoms with Crippen molar-refractivity contribution in [1.82, 2.24) is 9.88 Å². The Labute approximate surface area is 101 Å². The highest BCUT2D eigenvalue weighted by atomic mass is 32.1. The summed E-state index contributed by atoms with van der Waals surface area (Å²) in [6.45, 7) is 1.04. The van der Waals surface area contributed by atoms with Crippen molar-refractivity contribution >= 4 is 11.3 Å². The zero-order valence-electron chi connectivity index (χ0n) is 9.51. The summed E-state index contributed by atoms with van der Waals surface area (Å²) in [4.78, 5) is 7.06. The molecule has 3 nitrogen and oxygen atoms in total. The molecule has 0 saturated carbocycles. The van der Waals surface area contributed by atoms with Crippen LogP contribution in [0.2, 0.25) is 0 Å². The molecule has 3 heterocycles. The predicted octanol–water partition coefficient (Wildman–Crippen LogP) is 1.99. The molecule has 4 heteroatoms. The van der Waals surface area contributed by atoms with Gasteiger partial charge in [0.05, 0.1) is 6.54 Å². The molecule has 16 heavy (non-hydrogen) atoms. The molecule has 1 aromatic rings. The van der Waals surface area contributed by atoms with Gasteiger partial charge in [-0.1, -0.05) is 6.42 Å². The van der Waals surface area contributed by atoms with Crippen LogP contribution in [0.5, 0.6) is 0 Å². The van der Waals surface area contributed by atoms with Gasteiger partial charge in [-0.3, -0.25) is 4.90 Å². The van der Waals surface area contributed by atoms with Crippen molar-refractivity contribution in [2.24, 2.45) is 5.73 Å². The number of nitrogens with zero attached hydrogens (tertiary/aromatic N) is 2. The van der Waals surface area contributed by atoms with Crippen LogP contribution in [-0.4, -0.2) is 28.0 Å². The number of nitrogens with two attached hydrogens (primary N) is 1. The molecular weight excluding hydrogens is 218 g/mol. The average molecular weight is 237 g/mol. The van der Waals surface area contributed by atoms with Gasteiger partial charge in [-0.25, -0.2) is 4.98 Å². The lowest BCUT2D eigenvalue weighted by Crippen LogP contribution is -2.54. The Hall–Kier alpha value is -0.450. The van der Waals surface area contributed by atoms with E-state index in [1.807, 2.05) is 6.20 Å². The van der Waals surface area contributed by atoms with Crippen molar-refractivity contribution in [3.63, 3.8) is 0 Å². The third-order valence-corrected chi connectivity index (χ3v) is 4.73. The van der Waals surface area contributed by atoms with Gasteiger partial charge in [-0.2, -0.15) is 0 Å². The summed E-state index contributed by atoms with van der Waals surface area (Å²) in [5, 5.41) is 3.33. The van der Waals surface area contributed by atoms with Crippen LogP contribution in [0.3, 0.4) is 0 Å². The first-order chi connectivity index (χ1) is 7.83. The van der Waals surface area contributed by atoms with E-state index in [0.29, 0.717) is 18.1 Å². The summed E-state index contributed by atoms with van der Waals surface area (Å²) in [7, 11) is 0. The Kier molecular flexibility index (Phi) is 2.96. The standard InChI is InChI=1S/C12H19N3S/c13-9-6-10-2-1-3-11(7-9)15(10)8-12-14-4-5-16-12/h4-5,9-11H,1-3,6-8,13H2. The van der Waals surface area contributed by atoms with Crippen LogP contribution in [0, 0.1) is 0 Å². The minimum atomic E-state index is 0.433. The third-order valence-electron chi connectivity index (χ3n) is 3.96. The molecule has 1 aromatic heterocycles. The third kappa shape index (κ3) is 2.01. The highest BCUT2D eigenvalue weighted by Gasteiger charge is 2.37. The fourth-order valence-corrected chi connectivity index (χ4v) is 3.89. The van der Waals surface area contributed by atoms with Gasteiger partial charge >= 0.3 is 0 Å². The molecule has 2 unspecified atom stereocenters. The first-order valence-electron chi connectivity index (χ1n) is 6.22. The first kappa shape index (κ1) is 10.7. The van der Waals surface area contributed by atoms with E-state index in [2.05, 4.69) is 15.3 Å². The second kappa shape index (κ2) is 4.43. The largest absolute Gasteiger partial charge is 0.328 e. The molecule has 2 saturated heterocycles. The summed E-state index contributed by atoms with van der Waals surface area (Å²) in [5.74, 6) is 0. The lowest BCUT2D eigenvalue weighted by molar-refractivity contribution is 0.0244. The van der Waals surface area contributed by atoms with Crippen molar-refractivity contribution in [3.05, 3.63) is 16.6 Å². The number of hydrogen-bond acceptors (Lipinski definition) is 4. The van der Waals surface area contributed by atoms with E-state index in [9.17, 15) is 0 Å². The van der Waals surface area contributed by atoms with Crippen molar-refractivity contribution < 1.29 is 0 Å². The predicted molar refractivity (Wildman–Crippen MR) is 66.3 cm³/mol. The van der Waals surface area contributed by atoms with Gasteiger partial charge in [0.2, 0.25) is 0 Å². The van der Waals surface area contributed by atoms with Crippen LogP contribution in [-0.2, 0) is 6.54 Å². The van der Waals surface area contributed by atoms with Crippen molar-refractivity contribution in [2.75, 3.05) is 0 Å². The quantitative estimate of drug-likeness (QED) is 0.855. The van der Waals surface area contributed by atoms with Crippen molar-refractivity contribution in [3.8, 4) is 0 Å². The van der Waals surface area contributed by atoms with E-state index in [1.54, 1.807) is 11.3 Å². The Bertz CT molecular complexity index is 324. The second-order valence-electron chi connectivity index (χ2n) is 5.07. The van der Waals surface area contributed by atoms with Gasteiger partial charge in [-0.05, 0) is 25.7 Å². The van der Waals surface area contributed by atoms with Gasteiger partial charge in [0.15, 0.2) is 0 Å². The molecule has 3 rings (SSSR count). The van der Waals surface area contributed by atoms with E-state index >= 15 is 0 Å². The van der Waals surface area contributed by atoms with Gasteiger partial charge in [0.1, 0.15) is 5.01 Å². The second-order valence-corrected chi connectivity index (χ2v) is 6.05. The molecule has 2 aliphatic heterocycles. The number of aromatic nitrogens is 1. The number of thiazole rings is 1. The molecule has 0 radical (unpaired) electrons. The van der Waals surface area contributed by atoms with Gasteiger partial charge in [0.25, 0.3) is 0 Å². The molecule has 2 aliphatic rings. The van der Waals surface area contributed by atoms with Gasteiger partial charge < -0.3 is 5.73 Å². The van der Waals surface area contributed by atoms with E-state index in [-0.39, 0.29) is 0 Å². The van der Waals surface area contributed by atoms with Gasteiger partial charge in [0, 0.05) is 29.7 Å². The van der Waals surface area contributed by atoms with Crippen LogP contribution >= 0.6 is 11.3 Å². The molecule has 0 amide bonds. The lowest BCUT2D eigenvalue weighted by atomic mass is 9.82. The topological polar surface area (TPSA) is 42.1 Å². The zero-order valence-corrected chi connectivity index (χ0v) is 10.3. The highest BCUT2D eigenvalue weighted by molar-refractivity contribution is 7.09. The summed E-state index contributed by atoms with van der Waals surface area (Å²) >= 11 is 1.77. The highest BCUT2D eigenvalue weighted by Crippen LogP contribution is 2.34. The van der Waals surface area contributed by atoms with E-state index < -0.39 is 0 Å². The molecule has 0 aliphatic carbocycles. The lowest BCUT2D eigenvalue weighted by Gasteiger charge is -2.47. The number of piperidine rings is 2. The maximum Gasteiger partial charge on any atom is 0.107 e. The molecule has 88 valence electrons. The van der Waals surface area contributed by atoms with E-state index in [1.165, 1.54) is 37.1 Å². The molecule has 0 aromatic carbocycles. The van der Waals surface area contributed by atoms with Crippen LogP contribution < -0.4 is 5.73 Å². The fraction of sp³-hybridized carbons (Fsp3) is 0.750. The molecule has 0 spiro atoms. The Morgan fingerprint density at radius 3 is 2.75 bits per heavy atom. The number of fused-ring (bicyclic) bond motifs is 2. The van der Waals surface area contributed by atoms with E-state index in [4.69, 9.17) is 5.73 Å². The molecule has 2 bridgehead atoms. The number of rotatable bonds is 2. The summed E-state index contributed by atoms with van der Waals surface area (Å²) in [6.07, 6.45) is 8.32. The minimum Gasteiger partial charge on any atom is -0.328 e. The summed E-state index contributed by atoms with van der Waals surface area (Å²) < 4.78 is 0. The monoisotopic (exact) mass is 237 g/mol. The van der Waals surface area contributed by atoms with Crippen LogP contribution in [0.15, 0.2) is 11.6 Å². The normalized spacial score (nSPS) is 35.2. The molecular formula is C12H19N3S. The smallest absolute Gasteiger partial charge is 0.107 e. The molecule has 2 fully saturated rings. The first-order valence-corrected chi connectivity index (χ1v) is 7.10. The Morgan fingerprint density at radius 1 is 1.38 bits per heavy atom. The number of hydrogen-bond donors (Lipinski definition) is 1. The van der Waals surface area contributed by atoms with Crippen LogP contribution in [0.4, 0.5) is 0 Å².